The van der Waals surface area contributed by atoms with Crippen LogP contribution in [0.3, 0.4) is 0 Å². The second kappa shape index (κ2) is 8.44. The zero-order valence-electron chi connectivity index (χ0n) is 15.8. The zero-order valence-corrected chi connectivity index (χ0v) is 15.8. The molecule has 0 aliphatic heterocycles. The van der Waals surface area contributed by atoms with Gasteiger partial charge in [-0.2, -0.15) is 0 Å². The van der Waals surface area contributed by atoms with Gasteiger partial charge >= 0.3 is 0 Å². The molecule has 0 amide bonds. The Morgan fingerprint density at radius 1 is 1.08 bits per heavy atom. The van der Waals surface area contributed by atoms with Gasteiger partial charge < -0.3 is 5.41 Å². The summed E-state index contributed by atoms with van der Waals surface area (Å²) in [7, 11) is 2.19. The van der Waals surface area contributed by atoms with Gasteiger partial charge in [-0.1, -0.05) is 56.4 Å². The van der Waals surface area contributed by atoms with Crippen LogP contribution in [-0.2, 0) is 4.79 Å². The smallest absolute Gasteiger partial charge is 0.164 e. The summed E-state index contributed by atoms with van der Waals surface area (Å²) in [5, 5.41) is 8.00. The summed E-state index contributed by atoms with van der Waals surface area (Å²) in [6.45, 7) is 0.491. The van der Waals surface area contributed by atoms with E-state index in [1.807, 2.05) is 0 Å². The molecule has 3 nitrogen and oxygen atoms in total. The highest BCUT2D eigenvalue weighted by Crippen LogP contribution is 2.52. The van der Waals surface area contributed by atoms with E-state index in [0.717, 1.165) is 12.7 Å². The molecule has 0 spiro atoms. The standard InChI is InChI=1S/C22H34N2O/c1-24(16-21(23)17-25)22(20-14-8-9-15-20,18-10-4-2-5-11-18)19-12-6-3-7-13-19/h2,4-5,10,17-20,23H,3,6-9,11-16H2,1H3. The van der Waals surface area contributed by atoms with Gasteiger partial charge in [-0.3, -0.25) is 9.69 Å². The van der Waals surface area contributed by atoms with Crippen molar-refractivity contribution >= 4 is 12.0 Å². The van der Waals surface area contributed by atoms with Crippen molar-refractivity contribution in [1.82, 2.24) is 4.90 Å². The van der Waals surface area contributed by atoms with Crippen molar-refractivity contribution < 1.29 is 4.79 Å². The van der Waals surface area contributed by atoms with Crippen LogP contribution in [0.1, 0.15) is 64.2 Å². The van der Waals surface area contributed by atoms with Crippen LogP contribution in [0.4, 0.5) is 0 Å². The van der Waals surface area contributed by atoms with Crippen LogP contribution in [0.25, 0.3) is 0 Å². The van der Waals surface area contributed by atoms with E-state index in [9.17, 15) is 4.79 Å². The number of rotatable bonds is 7. The number of hydrogen-bond acceptors (Lipinski definition) is 3. The average Bonchev–Trinajstić information content (AvgIpc) is 3.19. The van der Waals surface area contributed by atoms with E-state index in [2.05, 4.69) is 36.3 Å². The molecule has 2 fully saturated rings. The predicted octanol–water partition coefficient (Wildman–Crippen LogP) is 4.78. The van der Waals surface area contributed by atoms with Crippen LogP contribution >= 0.6 is 0 Å². The van der Waals surface area contributed by atoms with Gasteiger partial charge in [0.05, 0.1) is 5.71 Å². The number of allylic oxidation sites excluding steroid dienone is 3. The minimum Gasteiger partial charge on any atom is -0.301 e. The van der Waals surface area contributed by atoms with Crippen molar-refractivity contribution in [2.24, 2.45) is 17.8 Å². The Hall–Kier alpha value is -1.22. The fraction of sp³-hybridized carbons (Fsp3) is 0.727. The number of carbonyl (C=O) groups is 1. The molecule has 2 unspecified atom stereocenters. The molecule has 0 radical (unpaired) electrons. The lowest BCUT2D eigenvalue weighted by Gasteiger charge is -2.56. The summed E-state index contributed by atoms with van der Waals surface area (Å²) in [6, 6.07) is 0. The van der Waals surface area contributed by atoms with E-state index in [-0.39, 0.29) is 11.3 Å². The topological polar surface area (TPSA) is 44.2 Å². The number of nitrogens with one attached hydrogen (secondary N) is 1. The third kappa shape index (κ3) is 3.67. The first-order valence-electron chi connectivity index (χ1n) is 10.3. The molecular formula is C22H34N2O. The first kappa shape index (κ1) is 18.6. The van der Waals surface area contributed by atoms with Crippen molar-refractivity contribution in [3.63, 3.8) is 0 Å². The first-order valence-corrected chi connectivity index (χ1v) is 10.3. The van der Waals surface area contributed by atoms with Gasteiger partial charge in [0, 0.05) is 12.1 Å². The molecule has 0 aromatic carbocycles. The third-order valence-electron chi connectivity index (χ3n) is 7.05. The molecule has 138 valence electrons. The van der Waals surface area contributed by atoms with Gasteiger partial charge in [0.15, 0.2) is 6.29 Å². The van der Waals surface area contributed by atoms with Crippen LogP contribution in [0.15, 0.2) is 24.3 Å². The molecule has 0 bridgehead atoms. The summed E-state index contributed by atoms with van der Waals surface area (Å²) >= 11 is 0. The van der Waals surface area contributed by atoms with E-state index in [4.69, 9.17) is 5.41 Å². The van der Waals surface area contributed by atoms with Crippen molar-refractivity contribution in [3.05, 3.63) is 24.3 Å². The minimum absolute atomic E-state index is 0.105. The van der Waals surface area contributed by atoms with Gasteiger partial charge in [0.2, 0.25) is 0 Å². The molecule has 3 aliphatic rings. The van der Waals surface area contributed by atoms with Crippen LogP contribution in [-0.4, -0.2) is 36.0 Å². The summed E-state index contributed by atoms with van der Waals surface area (Å²) < 4.78 is 0. The van der Waals surface area contributed by atoms with Crippen LogP contribution in [0, 0.1) is 23.2 Å². The molecular weight excluding hydrogens is 308 g/mol. The Labute approximate surface area is 153 Å². The predicted molar refractivity (Wildman–Crippen MR) is 104 cm³/mol. The molecule has 2 saturated carbocycles. The van der Waals surface area contributed by atoms with E-state index in [1.54, 1.807) is 0 Å². The van der Waals surface area contributed by atoms with E-state index >= 15 is 0 Å². The highest BCUT2D eigenvalue weighted by atomic mass is 16.1. The largest absolute Gasteiger partial charge is 0.301 e. The van der Waals surface area contributed by atoms with Gasteiger partial charge in [-0.25, -0.2) is 0 Å². The second-order valence-corrected chi connectivity index (χ2v) is 8.36. The monoisotopic (exact) mass is 342 g/mol. The molecule has 0 saturated heterocycles. The molecule has 3 heteroatoms. The summed E-state index contributed by atoms with van der Waals surface area (Å²) in [5.41, 5.74) is 0.323. The van der Waals surface area contributed by atoms with Crippen molar-refractivity contribution in [1.29, 1.82) is 5.41 Å². The Bertz CT molecular complexity index is 526. The Morgan fingerprint density at radius 3 is 2.20 bits per heavy atom. The van der Waals surface area contributed by atoms with E-state index in [1.165, 1.54) is 57.8 Å². The molecule has 3 rings (SSSR count). The van der Waals surface area contributed by atoms with Gasteiger partial charge in [0.25, 0.3) is 0 Å². The van der Waals surface area contributed by atoms with Gasteiger partial charge in [-0.15, -0.1) is 0 Å². The van der Waals surface area contributed by atoms with Crippen molar-refractivity contribution in [2.75, 3.05) is 13.6 Å². The fourth-order valence-electron chi connectivity index (χ4n) is 6.15. The normalized spacial score (nSPS) is 27.5. The van der Waals surface area contributed by atoms with Gasteiger partial charge in [-0.05, 0) is 56.9 Å². The number of aldehydes is 1. The average molecular weight is 343 g/mol. The maximum Gasteiger partial charge on any atom is 0.164 e. The lowest BCUT2D eigenvalue weighted by atomic mass is 9.59. The van der Waals surface area contributed by atoms with Crippen LogP contribution in [0.2, 0.25) is 0 Å². The third-order valence-corrected chi connectivity index (χ3v) is 7.05. The molecule has 25 heavy (non-hydrogen) atoms. The van der Waals surface area contributed by atoms with Gasteiger partial charge in [0.1, 0.15) is 0 Å². The zero-order chi connectivity index (χ0) is 17.7. The van der Waals surface area contributed by atoms with Crippen LogP contribution < -0.4 is 0 Å². The first-order chi connectivity index (χ1) is 12.2. The lowest BCUT2D eigenvalue weighted by Crippen LogP contribution is -2.62. The second-order valence-electron chi connectivity index (χ2n) is 8.36. The maximum absolute atomic E-state index is 11.2. The fourth-order valence-corrected chi connectivity index (χ4v) is 6.15. The van der Waals surface area contributed by atoms with Crippen molar-refractivity contribution in [3.8, 4) is 0 Å². The molecule has 0 aromatic heterocycles. The number of nitrogens with zero attached hydrogens (tertiary/aromatic N) is 1. The number of carbonyl (C=O) groups excluding carboxylic acids is 1. The molecule has 1 N–H and O–H groups in total. The Morgan fingerprint density at radius 2 is 1.68 bits per heavy atom. The maximum atomic E-state index is 11.2. The Kier molecular flexibility index (Phi) is 6.27. The van der Waals surface area contributed by atoms with E-state index < -0.39 is 0 Å². The molecule has 0 aromatic rings. The molecule has 2 atom stereocenters. The highest BCUT2D eigenvalue weighted by Gasteiger charge is 2.52. The van der Waals surface area contributed by atoms with Crippen molar-refractivity contribution in [2.45, 2.75) is 69.7 Å². The summed E-state index contributed by atoms with van der Waals surface area (Å²) in [5.74, 6) is 1.89. The van der Waals surface area contributed by atoms with E-state index in [0.29, 0.717) is 24.3 Å². The minimum atomic E-state index is 0.105. The lowest BCUT2D eigenvalue weighted by molar-refractivity contribution is -0.103. The number of hydrogen-bond donors (Lipinski definition) is 1. The van der Waals surface area contributed by atoms with Crippen LogP contribution in [0.5, 0.6) is 0 Å². The summed E-state index contributed by atoms with van der Waals surface area (Å²) in [4.78, 5) is 13.6. The Balaban J connectivity index is 2.00. The SMILES string of the molecule is CN(CC(=N)C=O)C(C1C=CC=CC1)(C1CCCCC1)C1CCCC1. The quantitative estimate of drug-likeness (QED) is 0.534. The summed E-state index contributed by atoms with van der Waals surface area (Å²) in [6.07, 6.45) is 22.9. The molecule has 3 aliphatic carbocycles. The highest BCUT2D eigenvalue weighted by molar-refractivity contribution is 6.27. The molecule has 0 heterocycles.